The van der Waals surface area contributed by atoms with E-state index in [2.05, 4.69) is 42.4 Å². The number of benzene rings is 2. The van der Waals surface area contributed by atoms with Crippen molar-refractivity contribution in [1.29, 1.82) is 0 Å². The Hall–Kier alpha value is -2.33. The molecule has 0 amide bonds. The van der Waals surface area contributed by atoms with Gasteiger partial charge in [0.15, 0.2) is 5.96 Å². The minimum absolute atomic E-state index is 0.429. The Morgan fingerprint density at radius 1 is 1.13 bits per heavy atom. The van der Waals surface area contributed by atoms with Crippen molar-refractivity contribution in [2.75, 3.05) is 19.0 Å². The highest BCUT2D eigenvalue weighted by Gasteiger charge is 2.02. The zero-order valence-corrected chi connectivity index (χ0v) is 14.1. The van der Waals surface area contributed by atoms with Gasteiger partial charge >= 0.3 is 0 Å². The number of methoxy groups -OCH3 is 1. The van der Waals surface area contributed by atoms with Gasteiger partial charge in [-0.3, -0.25) is 4.99 Å². The van der Waals surface area contributed by atoms with Gasteiger partial charge in [-0.15, -0.1) is 0 Å². The lowest BCUT2D eigenvalue weighted by Gasteiger charge is -2.11. The topological polar surface area (TPSA) is 59.6 Å². The van der Waals surface area contributed by atoms with Crippen LogP contribution in [0.1, 0.15) is 22.3 Å². The van der Waals surface area contributed by atoms with Crippen LogP contribution in [0.25, 0.3) is 0 Å². The van der Waals surface area contributed by atoms with Crippen molar-refractivity contribution >= 4 is 11.6 Å². The number of aliphatic imine (C=N–C) groups is 1. The standard InChI is InChI=1S/C19H25N3O/c1-14-10-15(2)12-16(11-14)8-9-21-19(20)22-18-7-5-4-6-17(18)13-23-3/h4-7,10-12H,8-9,13H2,1-3H3,(H3,20,21,22). The zero-order valence-electron chi connectivity index (χ0n) is 14.1. The molecule has 0 aliphatic rings. The van der Waals surface area contributed by atoms with E-state index in [1.54, 1.807) is 7.11 Å². The van der Waals surface area contributed by atoms with E-state index < -0.39 is 0 Å². The summed E-state index contributed by atoms with van der Waals surface area (Å²) in [4.78, 5) is 4.42. The second-order valence-electron chi connectivity index (χ2n) is 5.73. The number of aryl methyl sites for hydroxylation is 2. The number of ether oxygens (including phenoxy) is 1. The maximum atomic E-state index is 5.99. The third-order valence-electron chi connectivity index (χ3n) is 3.54. The summed E-state index contributed by atoms with van der Waals surface area (Å²) in [6.07, 6.45) is 0.880. The van der Waals surface area contributed by atoms with Gasteiger partial charge < -0.3 is 15.8 Å². The van der Waals surface area contributed by atoms with Gasteiger partial charge in [-0.2, -0.15) is 0 Å². The van der Waals surface area contributed by atoms with Crippen molar-refractivity contribution in [2.45, 2.75) is 26.9 Å². The lowest BCUT2D eigenvalue weighted by atomic mass is 10.1. The van der Waals surface area contributed by atoms with Crippen LogP contribution in [0, 0.1) is 13.8 Å². The molecule has 0 heterocycles. The first-order valence-electron chi connectivity index (χ1n) is 7.79. The summed E-state index contributed by atoms with van der Waals surface area (Å²) in [6, 6.07) is 14.5. The summed E-state index contributed by atoms with van der Waals surface area (Å²) < 4.78 is 5.19. The quantitative estimate of drug-likeness (QED) is 0.635. The van der Waals surface area contributed by atoms with E-state index in [0.717, 1.165) is 17.7 Å². The fourth-order valence-corrected chi connectivity index (χ4v) is 2.62. The SMILES string of the molecule is COCc1ccccc1NC(N)=NCCc1cc(C)cc(C)c1. The smallest absolute Gasteiger partial charge is 0.193 e. The Kier molecular flexibility index (Phi) is 6.18. The van der Waals surface area contributed by atoms with Gasteiger partial charge in [0.05, 0.1) is 6.61 Å². The van der Waals surface area contributed by atoms with Gasteiger partial charge in [0.25, 0.3) is 0 Å². The van der Waals surface area contributed by atoms with Crippen LogP contribution >= 0.6 is 0 Å². The number of para-hydroxylation sites is 1. The zero-order chi connectivity index (χ0) is 16.7. The number of guanidine groups is 1. The molecule has 0 unspecified atom stereocenters. The largest absolute Gasteiger partial charge is 0.380 e. The first-order valence-corrected chi connectivity index (χ1v) is 7.79. The van der Waals surface area contributed by atoms with E-state index in [-0.39, 0.29) is 0 Å². The minimum atomic E-state index is 0.429. The van der Waals surface area contributed by atoms with Gasteiger partial charge in [-0.1, -0.05) is 47.5 Å². The van der Waals surface area contributed by atoms with Gasteiger partial charge in [-0.05, 0) is 31.9 Å². The highest BCUT2D eigenvalue weighted by atomic mass is 16.5. The molecule has 4 heteroatoms. The maximum absolute atomic E-state index is 5.99. The second-order valence-corrected chi connectivity index (χ2v) is 5.73. The van der Waals surface area contributed by atoms with Crippen molar-refractivity contribution in [3.05, 3.63) is 64.7 Å². The van der Waals surface area contributed by atoms with E-state index in [1.165, 1.54) is 16.7 Å². The predicted molar refractivity (Wildman–Crippen MR) is 96.9 cm³/mol. The second kappa shape index (κ2) is 8.34. The third kappa shape index (κ3) is 5.42. The molecule has 0 bridgehead atoms. The highest BCUT2D eigenvalue weighted by Crippen LogP contribution is 2.15. The van der Waals surface area contributed by atoms with Gasteiger partial charge in [0.1, 0.15) is 0 Å². The van der Waals surface area contributed by atoms with Crippen LogP contribution in [-0.4, -0.2) is 19.6 Å². The molecular weight excluding hydrogens is 286 g/mol. The molecule has 0 atom stereocenters. The summed E-state index contributed by atoms with van der Waals surface area (Å²) in [7, 11) is 1.68. The van der Waals surface area contributed by atoms with Crippen LogP contribution in [0.15, 0.2) is 47.5 Å². The number of hydrogen-bond donors (Lipinski definition) is 2. The molecule has 0 fully saturated rings. The Morgan fingerprint density at radius 3 is 2.52 bits per heavy atom. The van der Waals surface area contributed by atoms with E-state index >= 15 is 0 Å². The van der Waals surface area contributed by atoms with E-state index in [0.29, 0.717) is 19.1 Å². The highest BCUT2D eigenvalue weighted by molar-refractivity contribution is 5.92. The Labute approximate surface area is 138 Å². The Morgan fingerprint density at radius 2 is 1.83 bits per heavy atom. The first kappa shape index (κ1) is 17.0. The number of nitrogens with two attached hydrogens (primary N) is 1. The average molecular weight is 311 g/mol. The molecule has 0 saturated carbocycles. The van der Waals surface area contributed by atoms with Crippen LogP contribution in [0.2, 0.25) is 0 Å². The number of anilines is 1. The molecule has 3 N–H and O–H groups in total. The van der Waals surface area contributed by atoms with Gasteiger partial charge in [-0.25, -0.2) is 0 Å². The summed E-state index contributed by atoms with van der Waals surface area (Å²) in [5.41, 5.74) is 11.8. The molecule has 0 aliphatic carbocycles. The van der Waals surface area contributed by atoms with E-state index in [4.69, 9.17) is 10.5 Å². The molecule has 2 aromatic rings. The molecule has 23 heavy (non-hydrogen) atoms. The third-order valence-corrected chi connectivity index (χ3v) is 3.54. The first-order chi connectivity index (χ1) is 11.1. The summed E-state index contributed by atoms with van der Waals surface area (Å²) in [5.74, 6) is 0.429. The normalized spacial score (nSPS) is 11.5. The van der Waals surface area contributed by atoms with Gasteiger partial charge in [0, 0.05) is 24.9 Å². The monoisotopic (exact) mass is 311 g/mol. The number of nitrogens with zero attached hydrogens (tertiary/aromatic N) is 1. The summed E-state index contributed by atoms with van der Waals surface area (Å²) >= 11 is 0. The van der Waals surface area contributed by atoms with Gasteiger partial charge in [0.2, 0.25) is 0 Å². The summed E-state index contributed by atoms with van der Waals surface area (Å²) in [6.45, 7) is 5.43. The number of hydrogen-bond acceptors (Lipinski definition) is 2. The van der Waals surface area contributed by atoms with E-state index in [9.17, 15) is 0 Å². The van der Waals surface area contributed by atoms with Crippen LogP contribution < -0.4 is 11.1 Å². The van der Waals surface area contributed by atoms with Crippen molar-refractivity contribution in [3.8, 4) is 0 Å². The lowest BCUT2D eigenvalue weighted by Crippen LogP contribution is -2.23. The minimum Gasteiger partial charge on any atom is -0.380 e. The van der Waals surface area contributed by atoms with Crippen molar-refractivity contribution < 1.29 is 4.74 Å². The molecule has 0 saturated heterocycles. The van der Waals surface area contributed by atoms with Crippen LogP contribution in [0.3, 0.4) is 0 Å². The molecule has 2 rings (SSSR count). The van der Waals surface area contributed by atoms with Crippen LogP contribution in [-0.2, 0) is 17.8 Å². The lowest BCUT2D eigenvalue weighted by molar-refractivity contribution is 0.185. The summed E-state index contributed by atoms with van der Waals surface area (Å²) in [5, 5.41) is 3.15. The molecule has 0 radical (unpaired) electrons. The molecule has 0 aromatic heterocycles. The predicted octanol–water partition coefficient (Wildman–Crippen LogP) is 3.42. The molecule has 0 spiro atoms. The van der Waals surface area contributed by atoms with Crippen molar-refractivity contribution in [1.82, 2.24) is 0 Å². The van der Waals surface area contributed by atoms with Crippen LogP contribution in [0.5, 0.6) is 0 Å². The maximum Gasteiger partial charge on any atom is 0.193 e. The fourth-order valence-electron chi connectivity index (χ4n) is 2.62. The Bertz CT molecular complexity index is 660. The fraction of sp³-hybridized carbons (Fsp3) is 0.316. The van der Waals surface area contributed by atoms with Crippen molar-refractivity contribution in [2.24, 2.45) is 10.7 Å². The molecule has 2 aromatic carbocycles. The average Bonchev–Trinajstić information content (AvgIpc) is 2.48. The van der Waals surface area contributed by atoms with Crippen molar-refractivity contribution in [3.63, 3.8) is 0 Å². The Balaban J connectivity index is 1.95. The van der Waals surface area contributed by atoms with Crippen LogP contribution in [0.4, 0.5) is 5.69 Å². The number of nitrogens with one attached hydrogen (secondary N) is 1. The van der Waals surface area contributed by atoms with E-state index in [1.807, 2.05) is 24.3 Å². The molecule has 4 nitrogen and oxygen atoms in total. The number of rotatable bonds is 6. The molecular formula is C19H25N3O. The molecule has 122 valence electrons. The molecule has 0 aliphatic heterocycles.